The molecule has 0 spiro atoms. The number of carbonyl (C=O) groups excluding carboxylic acids is 2. The van der Waals surface area contributed by atoms with Gasteiger partial charge in [-0.25, -0.2) is 0 Å². The van der Waals surface area contributed by atoms with Crippen LogP contribution in [0.5, 0.6) is 23.0 Å². The number of benzene rings is 3. The number of carbonyl (C=O) groups is 2. The SMILES string of the molecule is NC(N)=NCCOc1cccc(-c2ccc(CN3C(=O)c4ccccc4C3=O)c(OCCN=C(N)N)c2OCCN=C(N)N)c1OCCN=C(N)N. The fraction of sp³-hybridized carbons (Fsp3) is 0.273. The quantitative estimate of drug-likeness (QED) is 0.0311. The first-order valence-electron chi connectivity index (χ1n) is 15.9. The number of guanidine groups is 4. The highest BCUT2D eigenvalue weighted by Crippen LogP contribution is 2.47. The number of ether oxygens (including phenoxy) is 4. The second-order valence-corrected chi connectivity index (χ2v) is 10.9. The molecule has 19 nitrogen and oxygen atoms in total. The number of rotatable bonds is 19. The number of hydrogen-bond donors (Lipinski definition) is 8. The lowest BCUT2D eigenvalue weighted by Gasteiger charge is -2.23. The van der Waals surface area contributed by atoms with E-state index in [0.29, 0.717) is 39.3 Å². The van der Waals surface area contributed by atoms with E-state index in [2.05, 4.69) is 20.0 Å². The fourth-order valence-electron chi connectivity index (χ4n) is 5.08. The van der Waals surface area contributed by atoms with Crippen molar-refractivity contribution in [1.82, 2.24) is 4.90 Å². The number of hydrogen-bond acceptors (Lipinski definition) is 10. The minimum absolute atomic E-state index is 0.00101. The molecule has 1 heterocycles. The lowest BCUT2D eigenvalue weighted by Crippen LogP contribution is -2.29. The highest BCUT2D eigenvalue weighted by atomic mass is 16.5. The standard InChI is InChI=1S/C33H43N13O6/c34-30(35)42-10-14-49-24-7-3-6-20(26(24)51-16-12-44-32(38)39)21-9-8-19(18-46-28(47)22-4-1-2-5-23(22)29(46)48)25(50-15-11-43-31(36)37)27(21)52-17-13-45-33(40)41/h1-9H,10-18H2,(H4,34,35,42)(H4,36,37,43)(H4,38,39,44)(H4,40,41,45). The third kappa shape index (κ3) is 10.1. The number of nitrogens with zero attached hydrogens (tertiary/aromatic N) is 5. The normalized spacial score (nSPS) is 11.7. The maximum atomic E-state index is 13.4. The van der Waals surface area contributed by atoms with E-state index < -0.39 is 11.8 Å². The Labute approximate surface area is 299 Å². The van der Waals surface area contributed by atoms with E-state index >= 15 is 0 Å². The zero-order chi connectivity index (χ0) is 37.6. The Bertz CT molecular complexity index is 1830. The summed E-state index contributed by atoms with van der Waals surface area (Å²) in [5.74, 6) is -0.250. The van der Waals surface area contributed by atoms with Crippen LogP contribution in [0.2, 0.25) is 0 Å². The van der Waals surface area contributed by atoms with Crippen LogP contribution in [-0.2, 0) is 6.54 Å². The molecule has 19 heteroatoms. The van der Waals surface area contributed by atoms with Gasteiger partial charge in [-0.1, -0.05) is 30.3 Å². The fourth-order valence-corrected chi connectivity index (χ4v) is 5.08. The Morgan fingerprint density at radius 1 is 0.481 bits per heavy atom. The molecule has 3 aromatic rings. The van der Waals surface area contributed by atoms with Crippen molar-refractivity contribution in [2.24, 2.45) is 65.8 Å². The van der Waals surface area contributed by atoms with Crippen LogP contribution in [0, 0.1) is 0 Å². The second-order valence-electron chi connectivity index (χ2n) is 10.9. The Morgan fingerprint density at radius 2 is 0.904 bits per heavy atom. The number of nitrogens with two attached hydrogens (primary N) is 8. The molecule has 2 amide bonds. The lowest BCUT2D eigenvalue weighted by molar-refractivity contribution is 0.0640. The van der Waals surface area contributed by atoms with Gasteiger partial charge in [0.2, 0.25) is 0 Å². The van der Waals surface area contributed by atoms with Crippen LogP contribution >= 0.6 is 0 Å². The monoisotopic (exact) mass is 717 g/mol. The van der Waals surface area contributed by atoms with Gasteiger partial charge in [0.05, 0.1) is 43.9 Å². The first-order valence-corrected chi connectivity index (χ1v) is 15.9. The van der Waals surface area contributed by atoms with E-state index in [0.717, 1.165) is 4.90 Å². The average Bonchev–Trinajstić information content (AvgIpc) is 3.34. The second kappa shape index (κ2) is 18.2. The minimum Gasteiger partial charge on any atom is -0.488 e. The van der Waals surface area contributed by atoms with Gasteiger partial charge in [0.25, 0.3) is 11.8 Å². The molecule has 52 heavy (non-hydrogen) atoms. The molecule has 0 unspecified atom stereocenters. The van der Waals surface area contributed by atoms with Crippen molar-refractivity contribution >= 4 is 35.7 Å². The van der Waals surface area contributed by atoms with Crippen molar-refractivity contribution in [2.45, 2.75) is 6.54 Å². The van der Waals surface area contributed by atoms with Crippen molar-refractivity contribution in [3.63, 3.8) is 0 Å². The van der Waals surface area contributed by atoms with E-state index in [-0.39, 0.29) is 94.5 Å². The minimum atomic E-state index is -0.451. The third-order valence-electron chi connectivity index (χ3n) is 7.21. The van der Waals surface area contributed by atoms with Crippen LogP contribution < -0.4 is 64.8 Å². The van der Waals surface area contributed by atoms with Gasteiger partial charge >= 0.3 is 0 Å². The van der Waals surface area contributed by atoms with Gasteiger partial charge in [-0.15, -0.1) is 0 Å². The van der Waals surface area contributed by atoms with Crippen LogP contribution in [0.3, 0.4) is 0 Å². The molecule has 1 aliphatic heterocycles. The summed E-state index contributed by atoms with van der Waals surface area (Å²) in [6.07, 6.45) is 0. The first-order chi connectivity index (χ1) is 25.0. The summed E-state index contributed by atoms with van der Waals surface area (Å²) in [6, 6.07) is 15.3. The molecule has 0 saturated heterocycles. The maximum absolute atomic E-state index is 13.4. The smallest absolute Gasteiger partial charge is 0.261 e. The summed E-state index contributed by atoms with van der Waals surface area (Å²) in [7, 11) is 0. The summed E-state index contributed by atoms with van der Waals surface area (Å²) < 4.78 is 24.8. The molecule has 0 fully saturated rings. The zero-order valence-electron chi connectivity index (χ0n) is 28.4. The predicted octanol–water partition coefficient (Wildman–Crippen LogP) is -1.24. The van der Waals surface area contributed by atoms with Crippen LogP contribution in [-0.4, -0.2) is 93.2 Å². The van der Waals surface area contributed by atoms with Crippen LogP contribution in [0.15, 0.2) is 74.6 Å². The van der Waals surface area contributed by atoms with E-state index in [1.807, 2.05) is 0 Å². The number of fused-ring (bicyclic) bond motifs is 1. The number of para-hydroxylation sites is 1. The Kier molecular flexibility index (Phi) is 13.2. The maximum Gasteiger partial charge on any atom is 0.261 e. The summed E-state index contributed by atoms with van der Waals surface area (Å²) in [5, 5.41) is 0. The van der Waals surface area contributed by atoms with Crippen molar-refractivity contribution < 1.29 is 28.5 Å². The van der Waals surface area contributed by atoms with Gasteiger partial charge in [0.1, 0.15) is 26.4 Å². The number of imide groups is 1. The molecule has 16 N–H and O–H groups in total. The topological polar surface area (TPSA) is 332 Å². The molecule has 1 aliphatic rings. The highest BCUT2D eigenvalue weighted by molar-refractivity contribution is 6.21. The molecule has 0 bridgehead atoms. The van der Waals surface area contributed by atoms with Crippen molar-refractivity contribution in [1.29, 1.82) is 0 Å². The average molecular weight is 718 g/mol. The Balaban J connectivity index is 1.85. The summed E-state index contributed by atoms with van der Waals surface area (Å²) in [5.41, 5.74) is 46.2. The Hall–Kier alpha value is -6.92. The number of aliphatic imine (C=N–C) groups is 4. The van der Waals surface area contributed by atoms with Gasteiger partial charge in [-0.05, 0) is 24.3 Å². The van der Waals surface area contributed by atoms with E-state index in [1.165, 1.54) is 0 Å². The predicted molar refractivity (Wildman–Crippen MR) is 197 cm³/mol. The highest BCUT2D eigenvalue weighted by Gasteiger charge is 2.36. The Morgan fingerprint density at radius 3 is 1.40 bits per heavy atom. The van der Waals surface area contributed by atoms with Gasteiger partial charge in [0.15, 0.2) is 46.8 Å². The van der Waals surface area contributed by atoms with E-state index in [1.54, 1.807) is 54.6 Å². The lowest BCUT2D eigenvalue weighted by atomic mass is 9.99. The van der Waals surface area contributed by atoms with E-state index in [9.17, 15) is 9.59 Å². The molecule has 3 aromatic carbocycles. The molecule has 0 aromatic heterocycles. The van der Waals surface area contributed by atoms with Crippen molar-refractivity contribution in [2.75, 3.05) is 52.6 Å². The van der Waals surface area contributed by atoms with Gasteiger partial charge < -0.3 is 64.8 Å². The molecule has 4 rings (SSSR count). The van der Waals surface area contributed by atoms with Crippen LogP contribution in [0.1, 0.15) is 26.3 Å². The largest absolute Gasteiger partial charge is 0.488 e. The molecule has 0 radical (unpaired) electrons. The van der Waals surface area contributed by atoms with Crippen molar-refractivity contribution in [3.8, 4) is 34.1 Å². The van der Waals surface area contributed by atoms with Crippen molar-refractivity contribution in [3.05, 3.63) is 71.3 Å². The zero-order valence-corrected chi connectivity index (χ0v) is 28.4. The molecular formula is C33H43N13O6. The van der Waals surface area contributed by atoms with Gasteiger partial charge in [-0.2, -0.15) is 0 Å². The summed E-state index contributed by atoms with van der Waals surface area (Å²) in [6.45, 7) is 0.537. The van der Waals surface area contributed by atoms with Gasteiger partial charge in [-0.3, -0.25) is 34.5 Å². The summed E-state index contributed by atoms with van der Waals surface area (Å²) >= 11 is 0. The summed E-state index contributed by atoms with van der Waals surface area (Å²) in [4.78, 5) is 43.9. The first kappa shape index (κ1) is 37.9. The molecule has 0 aliphatic carbocycles. The molecular weight excluding hydrogens is 674 g/mol. The molecule has 276 valence electrons. The molecule has 0 atom stereocenters. The number of amides is 2. The van der Waals surface area contributed by atoms with Crippen LogP contribution in [0.25, 0.3) is 11.1 Å². The van der Waals surface area contributed by atoms with Crippen LogP contribution in [0.4, 0.5) is 0 Å². The van der Waals surface area contributed by atoms with E-state index in [4.69, 9.17) is 64.8 Å². The van der Waals surface area contributed by atoms with Gasteiger partial charge in [0, 0.05) is 16.7 Å². The molecule has 0 saturated carbocycles. The third-order valence-corrected chi connectivity index (χ3v) is 7.21.